The van der Waals surface area contributed by atoms with Gasteiger partial charge >= 0.3 is 0 Å². The van der Waals surface area contributed by atoms with Gasteiger partial charge in [-0.15, -0.1) is 0 Å². The quantitative estimate of drug-likeness (QED) is 0.763. The smallest absolute Gasteiger partial charge is 0.226 e. The monoisotopic (exact) mass is 240 g/mol. The van der Waals surface area contributed by atoms with Crippen LogP contribution in [0.1, 0.15) is 52.9 Å². The molecule has 1 atom stereocenters. The molecule has 1 aliphatic heterocycles. The highest BCUT2D eigenvalue weighted by atomic mass is 16.2. The minimum atomic E-state index is 0.333. The summed E-state index contributed by atoms with van der Waals surface area (Å²) >= 11 is 0. The lowest BCUT2D eigenvalue weighted by Gasteiger charge is -2.37. The van der Waals surface area contributed by atoms with E-state index in [4.69, 9.17) is 0 Å². The number of hydrogen-bond acceptors (Lipinski definition) is 2. The standard InChI is InChI=1S/C12H22N2O.C2H6/c1-10-9-13-7-8-14(10)12(15)11-5-3-2-4-6-11;1-2/h10-11,13H,2-9H2,1H3;1-2H3/t10-;/m1./s1. The normalized spacial score (nSPS) is 26.1. The molecule has 0 aromatic carbocycles. The Bertz CT molecular complexity index is 224. The van der Waals surface area contributed by atoms with Gasteiger partial charge in [-0.25, -0.2) is 0 Å². The Morgan fingerprint density at radius 2 is 1.82 bits per heavy atom. The topological polar surface area (TPSA) is 32.3 Å². The molecule has 0 aromatic rings. The van der Waals surface area contributed by atoms with Crippen LogP contribution in [0.4, 0.5) is 0 Å². The van der Waals surface area contributed by atoms with Crippen molar-refractivity contribution in [1.82, 2.24) is 10.2 Å². The molecule has 1 N–H and O–H groups in total. The van der Waals surface area contributed by atoms with Crippen molar-refractivity contribution in [3.8, 4) is 0 Å². The first-order valence-corrected chi connectivity index (χ1v) is 7.30. The lowest BCUT2D eigenvalue weighted by molar-refractivity contribution is -0.139. The Labute approximate surface area is 106 Å². The van der Waals surface area contributed by atoms with Gasteiger partial charge in [0.15, 0.2) is 0 Å². The van der Waals surface area contributed by atoms with Crippen molar-refractivity contribution in [2.75, 3.05) is 19.6 Å². The largest absolute Gasteiger partial charge is 0.337 e. The molecule has 100 valence electrons. The van der Waals surface area contributed by atoms with Gasteiger partial charge in [0.1, 0.15) is 0 Å². The third-order valence-electron chi connectivity index (χ3n) is 3.74. The van der Waals surface area contributed by atoms with Crippen LogP contribution in [0.25, 0.3) is 0 Å². The van der Waals surface area contributed by atoms with Crippen LogP contribution in [-0.2, 0) is 4.79 Å². The van der Waals surface area contributed by atoms with E-state index in [0.717, 1.165) is 32.5 Å². The number of hydrogen-bond donors (Lipinski definition) is 1. The molecule has 2 fully saturated rings. The molecule has 2 rings (SSSR count). The zero-order valence-electron chi connectivity index (χ0n) is 11.7. The van der Waals surface area contributed by atoms with E-state index in [1.165, 1.54) is 19.3 Å². The second-order valence-electron chi connectivity index (χ2n) is 4.92. The van der Waals surface area contributed by atoms with Crippen LogP contribution in [0.3, 0.4) is 0 Å². The highest BCUT2D eigenvalue weighted by Crippen LogP contribution is 2.26. The molecule has 1 aliphatic carbocycles. The Morgan fingerprint density at radius 3 is 2.41 bits per heavy atom. The molecule has 0 unspecified atom stereocenters. The minimum absolute atomic E-state index is 0.333. The highest BCUT2D eigenvalue weighted by molar-refractivity contribution is 5.79. The summed E-state index contributed by atoms with van der Waals surface area (Å²) in [5.74, 6) is 0.753. The summed E-state index contributed by atoms with van der Waals surface area (Å²) in [6.45, 7) is 8.96. The van der Waals surface area contributed by atoms with Crippen LogP contribution >= 0.6 is 0 Å². The van der Waals surface area contributed by atoms with E-state index in [-0.39, 0.29) is 0 Å². The molecule has 2 aliphatic rings. The Hall–Kier alpha value is -0.570. The summed E-state index contributed by atoms with van der Waals surface area (Å²) in [6.07, 6.45) is 6.06. The van der Waals surface area contributed by atoms with Crippen LogP contribution < -0.4 is 5.32 Å². The summed E-state index contributed by atoms with van der Waals surface area (Å²) in [4.78, 5) is 14.4. The molecule has 3 heteroatoms. The summed E-state index contributed by atoms with van der Waals surface area (Å²) in [5, 5.41) is 3.33. The molecule has 0 spiro atoms. The van der Waals surface area contributed by atoms with E-state index in [0.29, 0.717) is 17.9 Å². The van der Waals surface area contributed by atoms with Gasteiger partial charge in [-0.2, -0.15) is 0 Å². The zero-order valence-corrected chi connectivity index (χ0v) is 11.7. The summed E-state index contributed by atoms with van der Waals surface area (Å²) in [5.41, 5.74) is 0. The van der Waals surface area contributed by atoms with E-state index in [9.17, 15) is 4.79 Å². The average molecular weight is 240 g/mol. The Morgan fingerprint density at radius 1 is 1.18 bits per heavy atom. The van der Waals surface area contributed by atoms with Crippen molar-refractivity contribution >= 4 is 5.91 Å². The maximum atomic E-state index is 12.3. The van der Waals surface area contributed by atoms with E-state index in [1.54, 1.807) is 0 Å². The molecular formula is C14H28N2O. The predicted molar refractivity (Wildman–Crippen MR) is 72.0 cm³/mol. The fraction of sp³-hybridized carbons (Fsp3) is 0.929. The lowest BCUT2D eigenvalue weighted by atomic mass is 9.88. The summed E-state index contributed by atoms with van der Waals surface area (Å²) in [7, 11) is 0. The maximum absolute atomic E-state index is 12.3. The van der Waals surface area contributed by atoms with E-state index < -0.39 is 0 Å². The third kappa shape index (κ3) is 3.98. The van der Waals surface area contributed by atoms with Gasteiger partial charge in [-0.1, -0.05) is 33.1 Å². The number of piperazine rings is 1. The SMILES string of the molecule is CC.C[C@@H]1CNCCN1C(=O)C1CCCCC1. The fourth-order valence-corrected chi connectivity index (χ4v) is 2.75. The van der Waals surface area contributed by atoms with Crippen molar-refractivity contribution in [1.29, 1.82) is 0 Å². The maximum Gasteiger partial charge on any atom is 0.226 e. The van der Waals surface area contributed by atoms with Crippen LogP contribution in [0.2, 0.25) is 0 Å². The van der Waals surface area contributed by atoms with Gasteiger partial charge in [-0.3, -0.25) is 4.79 Å². The molecule has 0 radical (unpaired) electrons. The molecule has 0 aromatic heterocycles. The van der Waals surface area contributed by atoms with Gasteiger partial charge in [0.05, 0.1) is 0 Å². The number of carbonyl (C=O) groups excluding carboxylic acids is 1. The molecular weight excluding hydrogens is 212 g/mol. The first kappa shape index (κ1) is 14.5. The Kier molecular flexibility index (Phi) is 6.56. The number of rotatable bonds is 1. The van der Waals surface area contributed by atoms with Crippen molar-refractivity contribution in [2.45, 2.75) is 58.9 Å². The van der Waals surface area contributed by atoms with Crippen molar-refractivity contribution < 1.29 is 4.79 Å². The number of nitrogens with zero attached hydrogens (tertiary/aromatic N) is 1. The van der Waals surface area contributed by atoms with Gasteiger partial charge in [0.25, 0.3) is 0 Å². The van der Waals surface area contributed by atoms with Gasteiger partial charge in [0.2, 0.25) is 5.91 Å². The second-order valence-corrected chi connectivity index (χ2v) is 4.92. The molecule has 1 saturated carbocycles. The molecule has 0 bridgehead atoms. The van der Waals surface area contributed by atoms with Gasteiger partial charge in [0, 0.05) is 31.6 Å². The molecule has 17 heavy (non-hydrogen) atoms. The van der Waals surface area contributed by atoms with Gasteiger partial charge in [-0.05, 0) is 19.8 Å². The van der Waals surface area contributed by atoms with E-state index >= 15 is 0 Å². The zero-order chi connectivity index (χ0) is 12.7. The fourth-order valence-electron chi connectivity index (χ4n) is 2.75. The van der Waals surface area contributed by atoms with Crippen LogP contribution in [0.15, 0.2) is 0 Å². The number of carbonyl (C=O) groups is 1. The number of amides is 1. The molecule has 1 saturated heterocycles. The second kappa shape index (κ2) is 7.70. The van der Waals surface area contributed by atoms with Crippen LogP contribution in [0, 0.1) is 5.92 Å². The predicted octanol–water partition coefficient (Wildman–Crippen LogP) is 2.41. The minimum Gasteiger partial charge on any atom is -0.337 e. The van der Waals surface area contributed by atoms with Crippen molar-refractivity contribution in [3.63, 3.8) is 0 Å². The molecule has 1 amide bonds. The highest BCUT2D eigenvalue weighted by Gasteiger charge is 2.29. The Balaban J connectivity index is 0.000000686. The van der Waals surface area contributed by atoms with Crippen LogP contribution in [0.5, 0.6) is 0 Å². The van der Waals surface area contributed by atoms with Crippen LogP contribution in [-0.4, -0.2) is 36.5 Å². The molecule has 3 nitrogen and oxygen atoms in total. The first-order chi connectivity index (χ1) is 8.29. The van der Waals surface area contributed by atoms with E-state index in [1.807, 2.05) is 13.8 Å². The van der Waals surface area contributed by atoms with E-state index in [2.05, 4.69) is 17.1 Å². The third-order valence-corrected chi connectivity index (χ3v) is 3.74. The average Bonchev–Trinajstić information content (AvgIpc) is 2.42. The number of nitrogens with one attached hydrogen (secondary N) is 1. The first-order valence-electron chi connectivity index (χ1n) is 7.30. The summed E-state index contributed by atoms with van der Waals surface area (Å²) < 4.78 is 0. The van der Waals surface area contributed by atoms with Crippen molar-refractivity contribution in [3.05, 3.63) is 0 Å². The molecule has 1 heterocycles. The van der Waals surface area contributed by atoms with Gasteiger partial charge < -0.3 is 10.2 Å². The lowest BCUT2D eigenvalue weighted by Crippen LogP contribution is -2.54. The van der Waals surface area contributed by atoms with Crippen molar-refractivity contribution in [2.24, 2.45) is 5.92 Å². The summed E-state index contributed by atoms with van der Waals surface area (Å²) in [6, 6.07) is 0.383.